The van der Waals surface area contributed by atoms with Gasteiger partial charge < -0.3 is 15.2 Å². The summed E-state index contributed by atoms with van der Waals surface area (Å²) < 4.78 is 2.12. The largest absolute Gasteiger partial charge is 0.355 e. The number of hydrogen-bond acceptors (Lipinski definition) is 2. The zero-order chi connectivity index (χ0) is 17.3. The first-order chi connectivity index (χ1) is 11.4. The number of para-hydroxylation sites is 1. The van der Waals surface area contributed by atoms with Crippen molar-refractivity contribution in [3.8, 4) is 0 Å². The fourth-order valence-corrected chi connectivity index (χ4v) is 3.47. The van der Waals surface area contributed by atoms with E-state index < -0.39 is 5.92 Å². The molecule has 0 radical (unpaired) electrons. The summed E-state index contributed by atoms with van der Waals surface area (Å²) in [6, 6.07) is 10.2. The molecule has 0 aliphatic carbocycles. The number of carbonyl (C=O) groups excluding carboxylic acids is 2. The van der Waals surface area contributed by atoms with E-state index in [0.29, 0.717) is 19.6 Å². The summed E-state index contributed by atoms with van der Waals surface area (Å²) in [7, 11) is 0. The van der Waals surface area contributed by atoms with Gasteiger partial charge in [-0.1, -0.05) is 39.0 Å². The number of carbonyl (C=O) groups is 2. The summed E-state index contributed by atoms with van der Waals surface area (Å²) in [6.07, 6.45) is 2.02. The Morgan fingerprint density at radius 1 is 1.29 bits per heavy atom. The van der Waals surface area contributed by atoms with Crippen molar-refractivity contribution < 1.29 is 9.59 Å². The Labute approximate surface area is 142 Å². The molecule has 2 amide bonds. The highest BCUT2D eigenvalue weighted by atomic mass is 16.2. The number of nitrogens with one attached hydrogen (secondary N) is 2. The van der Waals surface area contributed by atoms with Gasteiger partial charge in [0.25, 0.3) is 0 Å². The first-order valence-corrected chi connectivity index (χ1v) is 8.47. The van der Waals surface area contributed by atoms with Crippen molar-refractivity contribution in [2.75, 3.05) is 13.1 Å². The van der Waals surface area contributed by atoms with Gasteiger partial charge in [0, 0.05) is 37.3 Å². The molecule has 0 bridgehead atoms. The van der Waals surface area contributed by atoms with Gasteiger partial charge in [0.1, 0.15) is 5.92 Å². The van der Waals surface area contributed by atoms with Crippen LogP contribution in [0.25, 0.3) is 10.9 Å². The van der Waals surface area contributed by atoms with E-state index in [0.717, 1.165) is 5.52 Å². The second kappa shape index (κ2) is 6.30. The minimum absolute atomic E-state index is 0.0254. The van der Waals surface area contributed by atoms with Crippen LogP contribution in [-0.4, -0.2) is 29.5 Å². The van der Waals surface area contributed by atoms with Crippen molar-refractivity contribution in [3.63, 3.8) is 0 Å². The van der Waals surface area contributed by atoms with Crippen molar-refractivity contribution in [3.05, 3.63) is 36.5 Å². The zero-order valence-corrected chi connectivity index (χ0v) is 14.5. The molecule has 2 atom stereocenters. The molecule has 1 saturated heterocycles. The summed E-state index contributed by atoms with van der Waals surface area (Å²) in [5.41, 5.74) is 1.07. The molecule has 1 fully saturated rings. The van der Waals surface area contributed by atoms with E-state index in [1.165, 1.54) is 5.39 Å². The van der Waals surface area contributed by atoms with Gasteiger partial charge in [0.2, 0.25) is 11.8 Å². The maximum atomic E-state index is 12.5. The monoisotopic (exact) mass is 327 g/mol. The van der Waals surface area contributed by atoms with Crippen molar-refractivity contribution in [1.29, 1.82) is 0 Å². The average molecular weight is 327 g/mol. The van der Waals surface area contributed by atoms with Gasteiger partial charge in [0.15, 0.2) is 0 Å². The van der Waals surface area contributed by atoms with Crippen molar-refractivity contribution in [2.24, 2.45) is 17.3 Å². The zero-order valence-electron chi connectivity index (χ0n) is 14.5. The van der Waals surface area contributed by atoms with Crippen LogP contribution in [0.3, 0.4) is 0 Å². The van der Waals surface area contributed by atoms with Gasteiger partial charge in [-0.2, -0.15) is 0 Å². The van der Waals surface area contributed by atoms with E-state index in [1.54, 1.807) is 0 Å². The Morgan fingerprint density at radius 2 is 2.04 bits per heavy atom. The second-order valence-electron chi connectivity index (χ2n) is 7.55. The molecule has 2 aromatic rings. The topological polar surface area (TPSA) is 63.1 Å². The van der Waals surface area contributed by atoms with Gasteiger partial charge in [-0.25, -0.2) is 0 Å². The van der Waals surface area contributed by atoms with Crippen LogP contribution in [0.1, 0.15) is 20.8 Å². The molecule has 5 nitrogen and oxygen atoms in total. The van der Waals surface area contributed by atoms with Crippen LogP contribution in [0.4, 0.5) is 0 Å². The molecular weight excluding hydrogens is 302 g/mol. The van der Waals surface area contributed by atoms with Gasteiger partial charge in [-0.15, -0.1) is 0 Å². The Morgan fingerprint density at radius 3 is 2.79 bits per heavy atom. The van der Waals surface area contributed by atoms with Crippen LogP contribution < -0.4 is 10.6 Å². The fraction of sp³-hybridized carbons (Fsp3) is 0.474. The molecule has 0 saturated carbocycles. The number of rotatable bonds is 4. The lowest BCUT2D eigenvalue weighted by Crippen LogP contribution is -2.41. The normalized spacial score (nSPS) is 21.0. The molecule has 2 heterocycles. The van der Waals surface area contributed by atoms with Gasteiger partial charge in [-0.05, 0) is 22.9 Å². The highest BCUT2D eigenvalue weighted by Crippen LogP contribution is 2.35. The molecule has 3 rings (SSSR count). The van der Waals surface area contributed by atoms with Crippen LogP contribution in [0.5, 0.6) is 0 Å². The van der Waals surface area contributed by atoms with Crippen molar-refractivity contribution in [1.82, 2.24) is 15.2 Å². The highest BCUT2D eigenvalue weighted by molar-refractivity contribution is 6.02. The molecule has 2 unspecified atom stereocenters. The van der Waals surface area contributed by atoms with Crippen molar-refractivity contribution in [2.45, 2.75) is 27.3 Å². The smallest absolute Gasteiger partial charge is 0.233 e. The third kappa shape index (κ3) is 3.16. The van der Waals surface area contributed by atoms with Crippen LogP contribution in [0.2, 0.25) is 0 Å². The number of nitrogens with zero attached hydrogens (tertiary/aromatic N) is 1. The SMILES string of the molecule is CC(C)(C)C1CNC(=O)C1C(=O)NCCn1ccc2ccccc21. The molecule has 1 aromatic carbocycles. The summed E-state index contributed by atoms with van der Waals surface area (Å²) >= 11 is 0. The number of amides is 2. The molecule has 1 aliphatic heterocycles. The average Bonchev–Trinajstić information content (AvgIpc) is 3.11. The maximum Gasteiger partial charge on any atom is 0.233 e. The number of benzene rings is 1. The first kappa shape index (κ1) is 16.6. The summed E-state index contributed by atoms with van der Waals surface area (Å²) in [6.45, 7) is 7.99. The number of fused-ring (bicyclic) bond motifs is 1. The van der Waals surface area contributed by atoms with Crippen molar-refractivity contribution >= 4 is 22.7 Å². The van der Waals surface area contributed by atoms with Crippen LogP contribution >= 0.6 is 0 Å². The summed E-state index contributed by atoms with van der Waals surface area (Å²) in [5.74, 6) is -0.885. The predicted octanol–water partition coefficient (Wildman–Crippen LogP) is 2.17. The summed E-state index contributed by atoms with van der Waals surface area (Å²) in [5, 5.41) is 6.96. The molecule has 2 N–H and O–H groups in total. The van der Waals surface area contributed by atoms with E-state index in [9.17, 15) is 9.59 Å². The molecule has 5 heteroatoms. The molecule has 128 valence electrons. The first-order valence-electron chi connectivity index (χ1n) is 8.47. The van der Waals surface area contributed by atoms with Crippen LogP contribution in [0, 0.1) is 17.3 Å². The highest BCUT2D eigenvalue weighted by Gasteiger charge is 2.45. The van der Waals surface area contributed by atoms with E-state index in [4.69, 9.17) is 0 Å². The Kier molecular flexibility index (Phi) is 4.35. The molecule has 0 spiro atoms. The third-order valence-corrected chi connectivity index (χ3v) is 4.91. The minimum atomic E-state index is -0.591. The molecule has 1 aromatic heterocycles. The lowest BCUT2D eigenvalue weighted by molar-refractivity contribution is -0.135. The second-order valence-corrected chi connectivity index (χ2v) is 7.55. The lowest BCUT2D eigenvalue weighted by atomic mass is 9.74. The minimum Gasteiger partial charge on any atom is -0.355 e. The Bertz CT molecular complexity index is 757. The maximum absolute atomic E-state index is 12.5. The Hall–Kier alpha value is -2.30. The van der Waals surface area contributed by atoms with E-state index >= 15 is 0 Å². The van der Waals surface area contributed by atoms with Gasteiger partial charge >= 0.3 is 0 Å². The van der Waals surface area contributed by atoms with E-state index in [2.05, 4.69) is 54.2 Å². The summed E-state index contributed by atoms with van der Waals surface area (Å²) in [4.78, 5) is 24.6. The van der Waals surface area contributed by atoms with E-state index in [-0.39, 0.29) is 23.1 Å². The Balaban J connectivity index is 1.62. The lowest BCUT2D eigenvalue weighted by Gasteiger charge is -2.29. The van der Waals surface area contributed by atoms with Gasteiger partial charge in [0.05, 0.1) is 0 Å². The molecule has 24 heavy (non-hydrogen) atoms. The molecule has 1 aliphatic rings. The quantitative estimate of drug-likeness (QED) is 0.845. The predicted molar refractivity (Wildman–Crippen MR) is 94.4 cm³/mol. The number of aromatic nitrogens is 1. The van der Waals surface area contributed by atoms with Crippen LogP contribution in [-0.2, 0) is 16.1 Å². The number of hydrogen-bond donors (Lipinski definition) is 2. The van der Waals surface area contributed by atoms with Crippen LogP contribution in [0.15, 0.2) is 36.5 Å². The molecular formula is C19H25N3O2. The third-order valence-electron chi connectivity index (χ3n) is 4.91. The standard InChI is InChI=1S/C19H25N3O2/c1-19(2,3)14-12-21-18(24)16(14)17(23)20-9-11-22-10-8-13-6-4-5-7-15(13)22/h4-8,10,14,16H,9,11-12H2,1-3H3,(H,20,23)(H,21,24). The van der Waals surface area contributed by atoms with Gasteiger partial charge in [-0.3, -0.25) is 9.59 Å². The fourth-order valence-electron chi connectivity index (χ4n) is 3.47. The van der Waals surface area contributed by atoms with E-state index in [1.807, 2.05) is 18.3 Å².